The van der Waals surface area contributed by atoms with Crippen LogP contribution in [0.5, 0.6) is 5.88 Å². The number of hydrogen-bond acceptors (Lipinski definition) is 5. The van der Waals surface area contributed by atoms with Crippen molar-refractivity contribution in [2.75, 3.05) is 6.61 Å². The van der Waals surface area contributed by atoms with Gasteiger partial charge < -0.3 is 15.6 Å². The summed E-state index contributed by atoms with van der Waals surface area (Å²) < 4.78 is 6.92. The SMILES string of the molecule is Cc1cc(OCC(N)C(=O)O)n2nc(C)cc2n1. The number of nitrogens with zero attached hydrogens (tertiary/aromatic N) is 3. The fourth-order valence-corrected chi connectivity index (χ4v) is 1.53. The summed E-state index contributed by atoms with van der Waals surface area (Å²) in [6.45, 7) is 3.55. The van der Waals surface area contributed by atoms with Gasteiger partial charge in [0.25, 0.3) is 0 Å². The molecule has 7 nitrogen and oxygen atoms in total. The van der Waals surface area contributed by atoms with Gasteiger partial charge in [0.2, 0.25) is 5.88 Å². The number of rotatable bonds is 4. The second-order valence-electron chi connectivity index (χ2n) is 4.05. The zero-order valence-corrected chi connectivity index (χ0v) is 10.1. The van der Waals surface area contributed by atoms with Crippen LogP contribution in [0, 0.1) is 13.8 Å². The van der Waals surface area contributed by atoms with Gasteiger partial charge >= 0.3 is 5.97 Å². The van der Waals surface area contributed by atoms with E-state index in [1.54, 1.807) is 6.07 Å². The number of carbonyl (C=O) groups is 1. The second kappa shape index (κ2) is 4.61. The number of carboxylic acid groups (broad SMARTS) is 1. The van der Waals surface area contributed by atoms with Gasteiger partial charge in [0.1, 0.15) is 12.6 Å². The fraction of sp³-hybridized carbons (Fsp3) is 0.364. The van der Waals surface area contributed by atoms with Crippen molar-refractivity contribution < 1.29 is 14.6 Å². The largest absolute Gasteiger partial charge is 0.480 e. The highest BCUT2D eigenvalue weighted by molar-refractivity contribution is 5.73. The average Bonchev–Trinajstić information content (AvgIpc) is 2.65. The van der Waals surface area contributed by atoms with Crippen molar-refractivity contribution in [3.63, 3.8) is 0 Å². The third-order valence-corrected chi connectivity index (χ3v) is 2.37. The van der Waals surface area contributed by atoms with Crippen molar-refractivity contribution in [2.45, 2.75) is 19.9 Å². The summed E-state index contributed by atoms with van der Waals surface area (Å²) in [4.78, 5) is 14.9. The van der Waals surface area contributed by atoms with Crippen molar-refractivity contribution >= 4 is 11.6 Å². The standard InChI is InChI=1S/C11H14N4O3/c1-6-4-10(18-5-8(12)11(16)17)15-9(13-6)3-7(2)14-15/h3-4,8H,5,12H2,1-2H3,(H,16,17). The Morgan fingerprint density at radius 1 is 1.50 bits per heavy atom. The molecule has 2 heterocycles. The molecule has 0 aromatic carbocycles. The smallest absolute Gasteiger partial charge is 0.324 e. The summed E-state index contributed by atoms with van der Waals surface area (Å²) in [7, 11) is 0. The Hall–Kier alpha value is -2.15. The molecule has 2 aromatic rings. The maximum Gasteiger partial charge on any atom is 0.324 e. The molecule has 18 heavy (non-hydrogen) atoms. The number of ether oxygens (including phenoxy) is 1. The molecule has 3 N–H and O–H groups in total. The Morgan fingerprint density at radius 3 is 2.89 bits per heavy atom. The first-order valence-corrected chi connectivity index (χ1v) is 5.42. The highest BCUT2D eigenvalue weighted by atomic mass is 16.5. The molecule has 0 spiro atoms. The van der Waals surface area contributed by atoms with Gasteiger partial charge in [0.15, 0.2) is 5.65 Å². The van der Waals surface area contributed by atoms with E-state index in [9.17, 15) is 4.79 Å². The first-order chi connectivity index (χ1) is 8.47. The average molecular weight is 250 g/mol. The number of aryl methyl sites for hydroxylation is 2. The van der Waals surface area contributed by atoms with Crippen molar-refractivity contribution in [3.05, 3.63) is 23.5 Å². The van der Waals surface area contributed by atoms with E-state index in [0.717, 1.165) is 11.4 Å². The Morgan fingerprint density at radius 2 is 2.22 bits per heavy atom. The minimum absolute atomic E-state index is 0.118. The first kappa shape index (κ1) is 12.3. The minimum Gasteiger partial charge on any atom is -0.480 e. The number of aliphatic carboxylic acids is 1. The number of aromatic nitrogens is 3. The van der Waals surface area contributed by atoms with E-state index in [-0.39, 0.29) is 6.61 Å². The summed E-state index contributed by atoms with van der Waals surface area (Å²) in [5.74, 6) is -0.670. The predicted molar refractivity (Wildman–Crippen MR) is 63.6 cm³/mol. The van der Waals surface area contributed by atoms with Gasteiger partial charge in [-0.25, -0.2) is 4.98 Å². The van der Waals surface area contributed by atoms with Crippen LogP contribution in [0.15, 0.2) is 12.1 Å². The molecule has 0 aliphatic heterocycles. The fourth-order valence-electron chi connectivity index (χ4n) is 1.53. The molecule has 0 aliphatic carbocycles. The molecule has 0 aliphatic rings. The Balaban J connectivity index is 2.29. The molecule has 0 saturated carbocycles. The third kappa shape index (κ3) is 2.40. The Labute approximate surface area is 103 Å². The second-order valence-corrected chi connectivity index (χ2v) is 4.05. The number of nitrogens with two attached hydrogens (primary N) is 1. The molecule has 0 bridgehead atoms. The van der Waals surface area contributed by atoms with Gasteiger partial charge in [0.05, 0.1) is 5.69 Å². The molecular formula is C11H14N4O3. The van der Waals surface area contributed by atoms with E-state index in [2.05, 4.69) is 10.1 Å². The van der Waals surface area contributed by atoms with Crippen LogP contribution in [0.3, 0.4) is 0 Å². The highest BCUT2D eigenvalue weighted by Crippen LogP contribution is 2.15. The summed E-state index contributed by atoms with van der Waals surface area (Å²) in [6.07, 6.45) is 0. The van der Waals surface area contributed by atoms with Crippen LogP contribution in [-0.4, -0.2) is 38.3 Å². The van der Waals surface area contributed by atoms with E-state index < -0.39 is 12.0 Å². The summed E-state index contributed by atoms with van der Waals surface area (Å²) in [5.41, 5.74) is 7.61. The molecule has 0 amide bonds. The minimum atomic E-state index is -1.10. The predicted octanol–water partition coefficient (Wildman–Crippen LogP) is 0.137. The quantitative estimate of drug-likeness (QED) is 0.800. The number of hydrogen-bond donors (Lipinski definition) is 2. The Kier molecular flexibility index (Phi) is 3.15. The van der Waals surface area contributed by atoms with Crippen molar-refractivity contribution in [3.8, 4) is 5.88 Å². The van der Waals surface area contributed by atoms with E-state index in [0.29, 0.717) is 11.5 Å². The lowest BCUT2D eigenvalue weighted by Crippen LogP contribution is -2.36. The van der Waals surface area contributed by atoms with Crippen LogP contribution < -0.4 is 10.5 Å². The van der Waals surface area contributed by atoms with Gasteiger partial charge in [-0.3, -0.25) is 4.79 Å². The lowest BCUT2D eigenvalue weighted by atomic mass is 10.3. The van der Waals surface area contributed by atoms with Crippen molar-refractivity contribution in [2.24, 2.45) is 5.73 Å². The van der Waals surface area contributed by atoms with Crippen LogP contribution in [0.4, 0.5) is 0 Å². The summed E-state index contributed by atoms with van der Waals surface area (Å²) in [5, 5.41) is 12.9. The zero-order valence-electron chi connectivity index (χ0n) is 10.1. The molecule has 0 saturated heterocycles. The zero-order chi connectivity index (χ0) is 13.3. The monoisotopic (exact) mass is 250 g/mol. The van der Waals surface area contributed by atoms with Crippen molar-refractivity contribution in [1.29, 1.82) is 0 Å². The van der Waals surface area contributed by atoms with E-state index in [4.69, 9.17) is 15.6 Å². The van der Waals surface area contributed by atoms with Gasteiger partial charge in [-0.2, -0.15) is 9.61 Å². The molecule has 7 heteroatoms. The van der Waals surface area contributed by atoms with Gasteiger partial charge in [-0.15, -0.1) is 0 Å². The maximum absolute atomic E-state index is 10.6. The molecule has 2 rings (SSSR count). The van der Waals surface area contributed by atoms with Crippen LogP contribution >= 0.6 is 0 Å². The van der Waals surface area contributed by atoms with Crippen LogP contribution in [0.2, 0.25) is 0 Å². The first-order valence-electron chi connectivity index (χ1n) is 5.42. The van der Waals surface area contributed by atoms with Crippen molar-refractivity contribution in [1.82, 2.24) is 14.6 Å². The number of fused-ring (bicyclic) bond motifs is 1. The lowest BCUT2D eigenvalue weighted by Gasteiger charge is -2.10. The van der Waals surface area contributed by atoms with E-state index in [1.165, 1.54) is 4.52 Å². The molecule has 2 aromatic heterocycles. The topological polar surface area (TPSA) is 103 Å². The molecule has 0 radical (unpaired) electrons. The van der Waals surface area contributed by atoms with Gasteiger partial charge in [0, 0.05) is 17.8 Å². The maximum atomic E-state index is 10.6. The molecule has 1 unspecified atom stereocenters. The molecule has 1 atom stereocenters. The Bertz CT molecular complexity index is 593. The summed E-state index contributed by atoms with van der Waals surface area (Å²) in [6, 6.07) is 2.44. The normalized spacial score (nSPS) is 12.6. The van der Waals surface area contributed by atoms with Crippen LogP contribution in [0.25, 0.3) is 5.65 Å². The lowest BCUT2D eigenvalue weighted by molar-refractivity contribution is -0.139. The van der Waals surface area contributed by atoms with Gasteiger partial charge in [-0.1, -0.05) is 0 Å². The highest BCUT2D eigenvalue weighted by Gasteiger charge is 2.14. The van der Waals surface area contributed by atoms with Crippen LogP contribution in [0.1, 0.15) is 11.4 Å². The van der Waals surface area contributed by atoms with Gasteiger partial charge in [-0.05, 0) is 13.8 Å². The number of carboxylic acids is 1. The third-order valence-electron chi connectivity index (χ3n) is 2.37. The molecule has 96 valence electrons. The van der Waals surface area contributed by atoms with E-state index in [1.807, 2.05) is 19.9 Å². The molecule has 0 fully saturated rings. The van der Waals surface area contributed by atoms with Crippen LogP contribution in [-0.2, 0) is 4.79 Å². The molecular weight excluding hydrogens is 236 g/mol. The summed E-state index contributed by atoms with van der Waals surface area (Å²) >= 11 is 0. The van der Waals surface area contributed by atoms with E-state index >= 15 is 0 Å².